The molecule has 6 nitrogen and oxygen atoms in total. The van der Waals surface area contributed by atoms with Crippen molar-refractivity contribution in [3.05, 3.63) is 48.5 Å². The second kappa shape index (κ2) is 7.21. The zero-order valence-electron chi connectivity index (χ0n) is 15.2. The van der Waals surface area contributed by atoms with Gasteiger partial charge in [-0.1, -0.05) is 35.2 Å². The summed E-state index contributed by atoms with van der Waals surface area (Å²) in [7, 11) is 3.97. The van der Waals surface area contributed by atoms with Crippen molar-refractivity contribution >= 4 is 55.6 Å². The van der Waals surface area contributed by atoms with Crippen LogP contribution in [0.5, 0.6) is 0 Å². The van der Waals surface area contributed by atoms with E-state index < -0.39 is 0 Å². The number of thioether (sulfide) groups is 1. The van der Waals surface area contributed by atoms with E-state index in [2.05, 4.69) is 21.6 Å². The van der Waals surface area contributed by atoms with Gasteiger partial charge in [0.2, 0.25) is 10.9 Å². The summed E-state index contributed by atoms with van der Waals surface area (Å²) in [5, 5.41) is 11.9. The number of benzene rings is 2. The van der Waals surface area contributed by atoms with Gasteiger partial charge in [-0.05, 0) is 43.3 Å². The van der Waals surface area contributed by atoms with Crippen LogP contribution in [0.15, 0.2) is 53.7 Å². The summed E-state index contributed by atoms with van der Waals surface area (Å²) >= 11 is 3.01. The Morgan fingerprint density at radius 3 is 2.63 bits per heavy atom. The maximum atomic E-state index is 12.6. The zero-order chi connectivity index (χ0) is 19.0. The van der Waals surface area contributed by atoms with Crippen LogP contribution in [-0.4, -0.2) is 39.9 Å². The van der Waals surface area contributed by atoms with Gasteiger partial charge in [-0.15, -0.1) is 10.2 Å². The van der Waals surface area contributed by atoms with Gasteiger partial charge in [0.25, 0.3) is 0 Å². The molecule has 0 bridgehead atoms. The minimum absolute atomic E-state index is 0.0612. The normalized spacial score (nSPS) is 12.4. The predicted molar refractivity (Wildman–Crippen MR) is 113 cm³/mol. The number of rotatable bonds is 5. The van der Waals surface area contributed by atoms with Crippen molar-refractivity contribution in [3.8, 4) is 0 Å². The van der Waals surface area contributed by atoms with Crippen LogP contribution in [0.4, 0.5) is 11.4 Å². The molecule has 1 amide bonds. The molecule has 0 fully saturated rings. The number of nitrogens with one attached hydrogen (secondary N) is 1. The Hall–Kier alpha value is -2.58. The Bertz CT molecular complexity index is 1100. The minimum atomic E-state index is -0.301. The lowest BCUT2D eigenvalue weighted by molar-refractivity contribution is -0.115. The highest BCUT2D eigenvalue weighted by Gasteiger charge is 2.20. The van der Waals surface area contributed by atoms with Crippen molar-refractivity contribution in [2.45, 2.75) is 17.3 Å². The van der Waals surface area contributed by atoms with Crippen LogP contribution in [0.2, 0.25) is 0 Å². The summed E-state index contributed by atoms with van der Waals surface area (Å²) in [6.07, 6.45) is 0. The third-order valence-electron chi connectivity index (χ3n) is 4.21. The van der Waals surface area contributed by atoms with Crippen molar-refractivity contribution in [1.82, 2.24) is 14.6 Å². The topological polar surface area (TPSA) is 62.5 Å². The largest absolute Gasteiger partial charge is 0.378 e. The third-order valence-corrected chi connectivity index (χ3v) is 6.27. The molecule has 0 aliphatic rings. The van der Waals surface area contributed by atoms with Gasteiger partial charge in [0.05, 0.1) is 15.5 Å². The van der Waals surface area contributed by atoms with E-state index in [-0.39, 0.29) is 11.2 Å². The zero-order valence-corrected chi connectivity index (χ0v) is 16.8. The smallest absolute Gasteiger partial charge is 0.237 e. The molecule has 0 spiro atoms. The molecule has 8 heteroatoms. The number of nitrogens with zero attached hydrogens (tertiary/aromatic N) is 4. The molecule has 2 aromatic carbocycles. The van der Waals surface area contributed by atoms with E-state index in [0.29, 0.717) is 0 Å². The van der Waals surface area contributed by atoms with Crippen LogP contribution >= 0.6 is 23.1 Å². The fourth-order valence-electron chi connectivity index (χ4n) is 2.73. The molecule has 2 aromatic heterocycles. The summed E-state index contributed by atoms with van der Waals surface area (Å²) in [5.41, 5.74) is 2.94. The van der Waals surface area contributed by atoms with Gasteiger partial charge in [0.1, 0.15) is 0 Å². The number of hydrogen-bond donors (Lipinski definition) is 1. The molecule has 4 aromatic rings. The van der Waals surface area contributed by atoms with E-state index in [9.17, 15) is 4.79 Å². The molecule has 0 radical (unpaired) electrons. The Morgan fingerprint density at radius 2 is 1.89 bits per heavy atom. The molecule has 0 saturated carbocycles. The van der Waals surface area contributed by atoms with Gasteiger partial charge < -0.3 is 10.2 Å². The fourth-order valence-corrected chi connectivity index (χ4v) is 4.61. The molecule has 4 rings (SSSR count). The number of carbonyl (C=O) groups is 1. The Balaban J connectivity index is 1.51. The van der Waals surface area contributed by atoms with Gasteiger partial charge in [0, 0.05) is 25.5 Å². The highest BCUT2D eigenvalue weighted by Crippen LogP contribution is 2.31. The van der Waals surface area contributed by atoms with E-state index >= 15 is 0 Å². The summed E-state index contributed by atoms with van der Waals surface area (Å²) in [5.74, 6) is -0.0612. The molecule has 1 unspecified atom stereocenters. The molecular formula is C19H19N5OS2. The first-order valence-corrected chi connectivity index (χ1v) is 10.2. The van der Waals surface area contributed by atoms with Gasteiger partial charge in [-0.3, -0.25) is 9.20 Å². The SMILES string of the molecule is CC(Sc1nnc2sc3ccccc3n12)C(=O)Nc1ccc(N(C)C)cc1. The van der Waals surface area contributed by atoms with Crippen LogP contribution in [0.25, 0.3) is 15.2 Å². The number of amides is 1. The molecule has 0 aliphatic heterocycles. The molecule has 2 heterocycles. The summed E-state index contributed by atoms with van der Waals surface area (Å²) in [6, 6.07) is 15.9. The third kappa shape index (κ3) is 3.50. The average molecular weight is 398 g/mol. The monoisotopic (exact) mass is 397 g/mol. The summed E-state index contributed by atoms with van der Waals surface area (Å²) in [4.78, 5) is 15.5. The number of fused-ring (bicyclic) bond motifs is 3. The van der Waals surface area contributed by atoms with Crippen molar-refractivity contribution in [1.29, 1.82) is 0 Å². The first-order chi connectivity index (χ1) is 13.0. The van der Waals surface area contributed by atoms with Gasteiger partial charge in [-0.25, -0.2) is 0 Å². The quantitative estimate of drug-likeness (QED) is 0.513. The predicted octanol–water partition coefficient (Wildman–Crippen LogP) is 4.13. The molecule has 138 valence electrons. The summed E-state index contributed by atoms with van der Waals surface area (Å²) < 4.78 is 3.17. The lowest BCUT2D eigenvalue weighted by atomic mass is 10.2. The minimum Gasteiger partial charge on any atom is -0.378 e. The first kappa shape index (κ1) is 17.8. The molecular weight excluding hydrogens is 378 g/mol. The highest BCUT2D eigenvalue weighted by atomic mass is 32.2. The number of aromatic nitrogens is 3. The van der Waals surface area contributed by atoms with E-state index in [1.807, 2.05) is 72.8 Å². The average Bonchev–Trinajstić information content (AvgIpc) is 3.22. The van der Waals surface area contributed by atoms with E-state index in [1.54, 1.807) is 11.3 Å². The number of anilines is 2. The standard InChI is InChI=1S/C19H19N5OS2/c1-12(17(25)20-13-8-10-14(11-9-13)23(2)3)26-18-21-22-19-24(18)15-6-4-5-7-16(15)27-19/h4-12H,1-3H3,(H,20,25). The van der Waals surface area contributed by atoms with Gasteiger partial charge in [0.15, 0.2) is 5.16 Å². The van der Waals surface area contributed by atoms with E-state index in [1.165, 1.54) is 11.8 Å². The maximum Gasteiger partial charge on any atom is 0.237 e. The van der Waals surface area contributed by atoms with Crippen LogP contribution in [-0.2, 0) is 4.79 Å². The molecule has 27 heavy (non-hydrogen) atoms. The van der Waals surface area contributed by atoms with Crippen molar-refractivity contribution in [3.63, 3.8) is 0 Å². The first-order valence-electron chi connectivity index (χ1n) is 8.50. The van der Waals surface area contributed by atoms with Crippen LogP contribution in [0.3, 0.4) is 0 Å². The molecule has 1 N–H and O–H groups in total. The second-order valence-corrected chi connectivity index (χ2v) is 8.68. The van der Waals surface area contributed by atoms with E-state index in [0.717, 1.165) is 31.7 Å². The number of para-hydroxylation sites is 1. The Labute approximate surface area is 165 Å². The number of hydrogen-bond acceptors (Lipinski definition) is 6. The van der Waals surface area contributed by atoms with Crippen molar-refractivity contribution in [2.24, 2.45) is 0 Å². The molecule has 0 saturated heterocycles. The van der Waals surface area contributed by atoms with Crippen LogP contribution in [0, 0.1) is 0 Å². The fraction of sp³-hybridized carbons (Fsp3) is 0.211. The number of thiazole rings is 1. The second-order valence-electron chi connectivity index (χ2n) is 6.36. The lowest BCUT2D eigenvalue weighted by Crippen LogP contribution is -2.22. The van der Waals surface area contributed by atoms with E-state index in [4.69, 9.17) is 0 Å². The Kier molecular flexibility index (Phi) is 4.75. The van der Waals surface area contributed by atoms with Crippen molar-refractivity contribution < 1.29 is 4.79 Å². The lowest BCUT2D eigenvalue weighted by Gasteiger charge is -2.14. The highest BCUT2D eigenvalue weighted by molar-refractivity contribution is 8.00. The van der Waals surface area contributed by atoms with Gasteiger partial charge in [-0.2, -0.15) is 0 Å². The molecule has 0 aliphatic carbocycles. The van der Waals surface area contributed by atoms with Crippen LogP contribution in [0.1, 0.15) is 6.92 Å². The van der Waals surface area contributed by atoms with Crippen LogP contribution < -0.4 is 10.2 Å². The maximum absolute atomic E-state index is 12.6. The summed E-state index contributed by atoms with van der Waals surface area (Å²) in [6.45, 7) is 1.88. The van der Waals surface area contributed by atoms with Gasteiger partial charge >= 0.3 is 0 Å². The van der Waals surface area contributed by atoms with Crippen molar-refractivity contribution in [2.75, 3.05) is 24.3 Å². The number of carbonyl (C=O) groups excluding carboxylic acids is 1. The molecule has 1 atom stereocenters. The Morgan fingerprint density at radius 1 is 1.15 bits per heavy atom.